The van der Waals surface area contributed by atoms with Gasteiger partial charge in [-0.2, -0.15) is 5.10 Å². The Balaban J connectivity index is 2.00. The van der Waals surface area contributed by atoms with Gasteiger partial charge in [-0.15, -0.1) is 0 Å². The summed E-state index contributed by atoms with van der Waals surface area (Å²) in [5.74, 6) is -0.0715. The molecule has 0 bridgehead atoms. The first-order valence-electron chi connectivity index (χ1n) is 7.45. The lowest BCUT2D eigenvalue weighted by atomic mass is 10.1. The second kappa shape index (κ2) is 6.22. The van der Waals surface area contributed by atoms with E-state index in [0.717, 1.165) is 16.9 Å². The Hall–Kier alpha value is -2.30. The zero-order chi connectivity index (χ0) is 16.3. The number of carbonyl (C=O) groups excluding carboxylic acids is 1. The highest BCUT2D eigenvalue weighted by atomic mass is 16.2. The third-order valence-corrected chi connectivity index (χ3v) is 3.45. The van der Waals surface area contributed by atoms with Gasteiger partial charge in [0.1, 0.15) is 6.04 Å². The van der Waals surface area contributed by atoms with Crippen LogP contribution < -0.4 is 10.6 Å². The first-order valence-corrected chi connectivity index (χ1v) is 7.45. The zero-order valence-electron chi connectivity index (χ0n) is 13.8. The van der Waals surface area contributed by atoms with Gasteiger partial charge in [-0.1, -0.05) is 18.2 Å². The van der Waals surface area contributed by atoms with E-state index in [4.69, 9.17) is 0 Å². The van der Waals surface area contributed by atoms with Crippen LogP contribution in [0.25, 0.3) is 0 Å². The minimum absolute atomic E-state index is 0.0715. The number of hydrogen-bond donors (Lipinski definition) is 2. The zero-order valence-corrected chi connectivity index (χ0v) is 13.8. The van der Waals surface area contributed by atoms with E-state index >= 15 is 0 Å². The van der Waals surface area contributed by atoms with Gasteiger partial charge in [-0.05, 0) is 46.2 Å². The van der Waals surface area contributed by atoms with E-state index < -0.39 is 0 Å². The second-order valence-electron chi connectivity index (χ2n) is 6.51. The summed E-state index contributed by atoms with van der Waals surface area (Å²) in [6.07, 6.45) is 3.65. The highest BCUT2D eigenvalue weighted by Crippen LogP contribution is 2.17. The van der Waals surface area contributed by atoms with Crippen LogP contribution in [0.15, 0.2) is 36.7 Å². The van der Waals surface area contributed by atoms with Crippen LogP contribution in [0.3, 0.4) is 0 Å². The molecule has 0 aliphatic heterocycles. The minimum Gasteiger partial charge on any atom is -0.371 e. The SMILES string of the molecule is Cc1ccccc1NC(=O)[C@@H](C)Nc1cnn(C(C)(C)C)c1. The summed E-state index contributed by atoms with van der Waals surface area (Å²) < 4.78 is 1.88. The van der Waals surface area contributed by atoms with Crippen LogP contribution in [0.4, 0.5) is 11.4 Å². The highest BCUT2D eigenvalue weighted by Gasteiger charge is 2.17. The van der Waals surface area contributed by atoms with Crippen LogP contribution >= 0.6 is 0 Å². The number of para-hydroxylation sites is 1. The van der Waals surface area contributed by atoms with Crippen molar-refractivity contribution in [1.82, 2.24) is 9.78 Å². The number of carbonyl (C=O) groups is 1. The van der Waals surface area contributed by atoms with Crippen molar-refractivity contribution < 1.29 is 4.79 Å². The van der Waals surface area contributed by atoms with E-state index in [-0.39, 0.29) is 17.5 Å². The van der Waals surface area contributed by atoms with Crippen LogP contribution in [0, 0.1) is 6.92 Å². The van der Waals surface area contributed by atoms with E-state index in [2.05, 4.69) is 36.5 Å². The number of hydrogen-bond acceptors (Lipinski definition) is 3. The molecule has 0 saturated heterocycles. The van der Waals surface area contributed by atoms with Gasteiger partial charge in [0.15, 0.2) is 0 Å². The summed E-state index contributed by atoms with van der Waals surface area (Å²) in [4.78, 5) is 12.3. The Bertz CT molecular complexity index is 655. The molecular formula is C17H24N4O. The maximum absolute atomic E-state index is 12.3. The highest BCUT2D eigenvalue weighted by molar-refractivity contribution is 5.96. The van der Waals surface area contributed by atoms with Crippen molar-refractivity contribution in [1.29, 1.82) is 0 Å². The third kappa shape index (κ3) is 3.87. The maximum atomic E-state index is 12.3. The van der Waals surface area contributed by atoms with Crippen LogP contribution in [-0.2, 0) is 10.3 Å². The molecule has 1 amide bonds. The Morgan fingerprint density at radius 2 is 1.95 bits per heavy atom. The molecule has 0 aliphatic carbocycles. The van der Waals surface area contributed by atoms with E-state index in [1.165, 1.54) is 0 Å². The second-order valence-corrected chi connectivity index (χ2v) is 6.51. The van der Waals surface area contributed by atoms with Crippen LogP contribution in [0.1, 0.15) is 33.3 Å². The summed E-state index contributed by atoms with van der Waals surface area (Å²) >= 11 is 0. The number of rotatable bonds is 4. The molecule has 0 unspecified atom stereocenters. The molecule has 5 nitrogen and oxygen atoms in total. The van der Waals surface area contributed by atoms with Gasteiger partial charge in [-0.25, -0.2) is 0 Å². The molecular weight excluding hydrogens is 276 g/mol. The number of benzene rings is 1. The van der Waals surface area contributed by atoms with Gasteiger partial charge in [0, 0.05) is 11.9 Å². The summed E-state index contributed by atoms with van der Waals surface area (Å²) in [6, 6.07) is 7.39. The number of anilines is 2. The lowest BCUT2D eigenvalue weighted by Gasteiger charge is -2.19. The van der Waals surface area contributed by atoms with E-state index in [1.807, 2.05) is 49.0 Å². The largest absolute Gasteiger partial charge is 0.371 e. The number of aromatic nitrogens is 2. The van der Waals surface area contributed by atoms with Crippen molar-refractivity contribution in [2.45, 2.75) is 46.2 Å². The molecule has 1 aromatic heterocycles. The Morgan fingerprint density at radius 1 is 1.27 bits per heavy atom. The monoisotopic (exact) mass is 300 g/mol. The van der Waals surface area contributed by atoms with Crippen molar-refractivity contribution in [3.63, 3.8) is 0 Å². The van der Waals surface area contributed by atoms with Gasteiger partial charge < -0.3 is 10.6 Å². The molecule has 5 heteroatoms. The van der Waals surface area contributed by atoms with Gasteiger partial charge in [0.2, 0.25) is 5.91 Å². The smallest absolute Gasteiger partial charge is 0.246 e. The van der Waals surface area contributed by atoms with Gasteiger partial charge in [0.25, 0.3) is 0 Å². The summed E-state index contributed by atoms with van der Waals surface area (Å²) in [6.45, 7) is 10.1. The molecule has 0 aliphatic rings. The summed E-state index contributed by atoms with van der Waals surface area (Å²) in [5, 5.41) is 10.4. The molecule has 0 radical (unpaired) electrons. The molecule has 2 rings (SSSR count). The molecule has 22 heavy (non-hydrogen) atoms. The Morgan fingerprint density at radius 3 is 2.55 bits per heavy atom. The first-order chi connectivity index (χ1) is 10.3. The molecule has 1 atom stereocenters. The molecule has 2 N–H and O–H groups in total. The molecule has 0 spiro atoms. The molecule has 1 heterocycles. The quantitative estimate of drug-likeness (QED) is 0.910. The lowest BCUT2D eigenvalue weighted by molar-refractivity contribution is -0.116. The standard InChI is InChI=1S/C17H24N4O/c1-12-8-6-7-9-15(12)20-16(22)13(2)19-14-10-18-21(11-14)17(3,4)5/h6-11,13,19H,1-5H3,(H,20,22)/t13-/m1/s1. The first kappa shape index (κ1) is 16.1. The Labute approximate surface area is 131 Å². The van der Waals surface area contributed by atoms with E-state index in [0.29, 0.717) is 0 Å². The van der Waals surface area contributed by atoms with E-state index in [9.17, 15) is 4.79 Å². The molecule has 1 aromatic carbocycles. The van der Waals surface area contributed by atoms with Crippen molar-refractivity contribution in [3.8, 4) is 0 Å². The van der Waals surface area contributed by atoms with Gasteiger partial charge in [-0.3, -0.25) is 9.48 Å². The topological polar surface area (TPSA) is 59.0 Å². The van der Waals surface area contributed by atoms with Crippen molar-refractivity contribution in [2.75, 3.05) is 10.6 Å². The van der Waals surface area contributed by atoms with E-state index in [1.54, 1.807) is 6.20 Å². The normalized spacial score (nSPS) is 12.8. The molecule has 0 saturated carbocycles. The minimum atomic E-state index is -0.350. The number of amides is 1. The summed E-state index contributed by atoms with van der Waals surface area (Å²) in [7, 11) is 0. The van der Waals surface area contributed by atoms with Crippen LogP contribution in [0.5, 0.6) is 0 Å². The third-order valence-electron chi connectivity index (χ3n) is 3.45. The van der Waals surface area contributed by atoms with Crippen LogP contribution in [-0.4, -0.2) is 21.7 Å². The predicted octanol–water partition coefficient (Wildman–Crippen LogP) is 3.39. The number of nitrogens with one attached hydrogen (secondary N) is 2. The van der Waals surface area contributed by atoms with Crippen LogP contribution in [0.2, 0.25) is 0 Å². The van der Waals surface area contributed by atoms with Crippen molar-refractivity contribution in [3.05, 3.63) is 42.2 Å². The molecule has 118 valence electrons. The fourth-order valence-electron chi connectivity index (χ4n) is 2.03. The maximum Gasteiger partial charge on any atom is 0.246 e. The average molecular weight is 300 g/mol. The molecule has 2 aromatic rings. The number of nitrogens with zero attached hydrogens (tertiary/aromatic N) is 2. The Kier molecular flexibility index (Phi) is 4.54. The van der Waals surface area contributed by atoms with Gasteiger partial charge in [0.05, 0.1) is 17.4 Å². The fraction of sp³-hybridized carbons (Fsp3) is 0.412. The lowest BCUT2D eigenvalue weighted by Crippen LogP contribution is -2.32. The predicted molar refractivity (Wildman–Crippen MR) is 90.1 cm³/mol. The van der Waals surface area contributed by atoms with Crippen molar-refractivity contribution >= 4 is 17.3 Å². The number of aryl methyl sites for hydroxylation is 1. The van der Waals surface area contributed by atoms with Crippen molar-refractivity contribution in [2.24, 2.45) is 0 Å². The molecule has 0 fully saturated rings. The summed E-state index contributed by atoms with van der Waals surface area (Å²) in [5.41, 5.74) is 2.64. The fourth-order valence-corrected chi connectivity index (χ4v) is 2.03. The average Bonchev–Trinajstić information content (AvgIpc) is 2.89. The van der Waals surface area contributed by atoms with Gasteiger partial charge >= 0.3 is 0 Å².